The van der Waals surface area contributed by atoms with Gasteiger partial charge in [-0.1, -0.05) is 0 Å². The van der Waals surface area contributed by atoms with E-state index in [0.29, 0.717) is 0 Å². The molecule has 1 aliphatic heterocycles. The number of hydrogen-bond acceptors (Lipinski definition) is 11. The van der Waals surface area contributed by atoms with Gasteiger partial charge in [-0.2, -0.15) is 0 Å². The van der Waals surface area contributed by atoms with Gasteiger partial charge in [-0.25, -0.2) is 0 Å². The molecule has 0 amide bonds. The third-order valence-electron chi connectivity index (χ3n) is 5.29. The molecule has 1 saturated heterocycles. The molecule has 168 valence electrons. The average molecular weight is 438 g/mol. The summed E-state index contributed by atoms with van der Waals surface area (Å²) in [6.07, 6.45) is -8.15. The number of rotatable bonds is 5. The molecule has 0 radical (unpaired) electrons. The van der Waals surface area contributed by atoms with E-state index in [9.17, 15) is 39.9 Å². The van der Waals surface area contributed by atoms with Crippen molar-refractivity contribution in [3.63, 3.8) is 0 Å². The van der Waals surface area contributed by atoms with Crippen molar-refractivity contribution in [1.82, 2.24) is 0 Å². The number of aromatic hydroxyl groups is 1. The van der Waals surface area contributed by atoms with E-state index in [1.54, 1.807) is 0 Å². The monoisotopic (exact) mass is 438 g/mol. The second-order valence-electron chi connectivity index (χ2n) is 7.21. The van der Waals surface area contributed by atoms with Gasteiger partial charge in [-0.15, -0.1) is 0 Å². The third kappa shape index (κ3) is 3.60. The van der Waals surface area contributed by atoms with E-state index in [-0.39, 0.29) is 22.6 Å². The minimum Gasteiger partial charge on any atom is -0.504 e. The van der Waals surface area contributed by atoms with Gasteiger partial charge < -0.3 is 39.7 Å². The zero-order chi connectivity index (χ0) is 23.2. The van der Waals surface area contributed by atoms with Crippen LogP contribution in [0.1, 0.15) is 34.6 Å². The third-order valence-corrected chi connectivity index (χ3v) is 5.29. The molecule has 1 aromatic rings. The Morgan fingerprint density at radius 3 is 2.26 bits per heavy atom. The van der Waals surface area contributed by atoms with Crippen LogP contribution < -0.4 is 9.47 Å². The molecule has 5 atom stereocenters. The van der Waals surface area contributed by atoms with Gasteiger partial charge in [0.2, 0.25) is 12.1 Å². The van der Waals surface area contributed by atoms with Gasteiger partial charge in [-0.3, -0.25) is 14.4 Å². The Morgan fingerprint density at radius 2 is 1.71 bits per heavy atom. The summed E-state index contributed by atoms with van der Waals surface area (Å²) >= 11 is 0. The molecule has 0 aromatic heterocycles. The van der Waals surface area contributed by atoms with Gasteiger partial charge >= 0.3 is 0 Å². The standard InChI is InChI=1S/C20H22O11/c1-6-11(7(2)22)17(26)12-8(4-9(29-3)15(24)13(12)14(6)23)30-20-19(28)18(27)16(25)10(5-21)31-20/h4,10,16,18-21,24-25,27-28H,5H2,1-3H3/t10-,16-,18+,19-,20-/m1/s1. The SMILES string of the molecule is COc1cc(O[C@@H]2O[C@H](CO)[C@@H](O)[C@H](O)[C@H]2O)c2c(c1O)C(=O)C(C)=C(C(C)=O)C2=O. The maximum Gasteiger partial charge on any atom is 0.229 e. The van der Waals surface area contributed by atoms with Crippen molar-refractivity contribution in [1.29, 1.82) is 0 Å². The molecule has 2 aliphatic rings. The summed E-state index contributed by atoms with van der Waals surface area (Å²) in [7, 11) is 1.19. The number of ketones is 3. The number of phenolic OH excluding ortho intramolecular Hbond substituents is 1. The largest absolute Gasteiger partial charge is 0.504 e. The van der Waals surface area contributed by atoms with Crippen LogP contribution in [0.4, 0.5) is 0 Å². The number of aliphatic hydroxyl groups excluding tert-OH is 4. The predicted octanol–water partition coefficient (Wildman–Crippen LogP) is -1.14. The molecule has 11 nitrogen and oxygen atoms in total. The summed E-state index contributed by atoms with van der Waals surface area (Å²) in [6, 6.07) is 1.05. The highest BCUT2D eigenvalue weighted by atomic mass is 16.7. The van der Waals surface area contributed by atoms with Crippen LogP contribution in [0.15, 0.2) is 17.2 Å². The Kier molecular flexibility index (Phi) is 6.16. The first-order valence-electron chi connectivity index (χ1n) is 9.27. The van der Waals surface area contributed by atoms with Crippen molar-refractivity contribution in [3.05, 3.63) is 28.3 Å². The Morgan fingerprint density at radius 1 is 1.06 bits per heavy atom. The van der Waals surface area contributed by atoms with E-state index in [2.05, 4.69) is 0 Å². The van der Waals surface area contributed by atoms with Gasteiger partial charge in [0.05, 0.1) is 30.4 Å². The Labute approximate surface area is 176 Å². The number of carbonyl (C=O) groups excluding carboxylic acids is 3. The van der Waals surface area contributed by atoms with Gasteiger partial charge in [0.15, 0.2) is 23.1 Å². The summed E-state index contributed by atoms with van der Waals surface area (Å²) < 4.78 is 15.9. The van der Waals surface area contributed by atoms with E-state index < -0.39 is 71.5 Å². The Bertz CT molecular complexity index is 978. The molecule has 0 spiro atoms. The van der Waals surface area contributed by atoms with Gasteiger partial charge in [0, 0.05) is 11.6 Å². The van der Waals surface area contributed by atoms with Crippen molar-refractivity contribution in [2.75, 3.05) is 13.7 Å². The number of aliphatic hydroxyl groups is 4. The predicted molar refractivity (Wildman–Crippen MR) is 101 cm³/mol. The summed E-state index contributed by atoms with van der Waals surface area (Å²) in [5.41, 5.74) is -1.45. The number of fused-ring (bicyclic) bond motifs is 1. The fraction of sp³-hybridized carbons (Fsp3) is 0.450. The summed E-state index contributed by atoms with van der Waals surface area (Å²) in [4.78, 5) is 37.9. The fourth-order valence-electron chi connectivity index (χ4n) is 3.63. The molecule has 0 saturated carbocycles. The molecule has 1 aliphatic carbocycles. The Hall–Kier alpha value is -2.83. The van der Waals surface area contributed by atoms with Crippen molar-refractivity contribution >= 4 is 17.3 Å². The highest BCUT2D eigenvalue weighted by molar-refractivity contribution is 6.37. The topological polar surface area (TPSA) is 180 Å². The molecule has 3 rings (SSSR count). The average Bonchev–Trinajstić information content (AvgIpc) is 2.72. The lowest BCUT2D eigenvalue weighted by molar-refractivity contribution is -0.277. The van der Waals surface area contributed by atoms with Crippen molar-refractivity contribution in [2.45, 2.75) is 44.6 Å². The van der Waals surface area contributed by atoms with Gasteiger partial charge in [-0.05, 0) is 13.8 Å². The molecule has 1 fully saturated rings. The highest BCUT2D eigenvalue weighted by Gasteiger charge is 2.46. The summed E-state index contributed by atoms with van der Waals surface area (Å²) in [5, 5.41) is 49.9. The van der Waals surface area contributed by atoms with Gasteiger partial charge in [0.25, 0.3) is 0 Å². The second kappa shape index (κ2) is 8.36. The van der Waals surface area contributed by atoms with E-state index in [1.165, 1.54) is 14.0 Å². The molecule has 11 heteroatoms. The lowest BCUT2D eigenvalue weighted by Gasteiger charge is -2.39. The normalized spacial score (nSPS) is 28.4. The summed E-state index contributed by atoms with van der Waals surface area (Å²) in [5.74, 6) is -3.61. The van der Waals surface area contributed by atoms with E-state index in [0.717, 1.165) is 13.0 Å². The first kappa shape index (κ1) is 22.8. The van der Waals surface area contributed by atoms with E-state index in [4.69, 9.17) is 14.2 Å². The number of carbonyl (C=O) groups is 3. The molecule has 1 aromatic carbocycles. The number of allylic oxidation sites excluding steroid dienone is 2. The number of ether oxygens (including phenoxy) is 3. The molecule has 0 unspecified atom stereocenters. The van der Waals surface area contributed by atoms with Crippen LogP contribution >= 0.6 is 0 Å². The number of phenols is 1. The second-order valence-corrected chi connectivity index (χ2v) is 7.21. The van der Waals surface area contributed by atoms with Crippen LogP contribution in [0.2, 0.25) is 0 Å². The van der Waals surface area contributed by atoms with Crippen molar-refractivity contribution in [2.24, 2.45) is 0 Å². The molecule has 0 bridgehead atoms. The van der Waals surface area contributed by atoms with E-state index >= 15 is 0 Å². The lowest BCUT2D eigenvalue weighted by Crippen LogP contribution is -2.60. The summed E-state index contributed by atoms with van der Waals surface area (Å²) in [6.45, 7) is 1.67. The van der Waals surface area contributed by atoms with Crippen LogP contribution in [-0.4, -0.2) is 87.3 Å². The van der Waals surface area contributed by atoms with Crippen molar-refractivity contribution < 1.29 is 54.1 Å². The van der Waals surface area contributed by atoms with E-state index in [1.807, 2.05) is 0 Å². The first-order valence-corrected chi connectivity index (χ1v) is 9.27. The maximum atomic E-state index is 13.1. The van der Waals surface area contributed by atoms with Crippen LogP contribution in [-0.2, 0) is 9.53 Å². The molecule has 31 heavy (non-hydrogen) atoms. The van der Waals surface area contributed by atoms with Crippen LogP contribution in [0.5, 0.6) is 17.2 Å². The number of benzene rings is 1. The van der Waals surface area contributed by atoms with Crippen LogP contribution in [0, 0.1) is 0 Å². The van der Waals surface area contributed by atoms with Crippen LogP contribution in [0.3, 0.4) is 0 Å². The molecular weight excluding hydrogens is 416 g/mol. The Balaban J connectivity index is 2.15. The zero-order valence-electron chi connectivity index (χ0n) is 16.9. The van der Waals surface area contributed by atoms with Crippen molar-refractivity contribution in [3.8, 4) is 17.2 Å². The zero-order valence-corrected chi connectivity index (χ0v) is 16.9. The maximum absolute atomic E-state index is 13.1. The molecular formula is C20H22O11. The number of hydrogen-bond donors (Lipinski definition) is 5. The lowest BCUT2D eigenvalue weighted by atomic mass is 9.82. The van der Waals surface area contributed by atoms with Crippen LogP contribution in [0.25, 0.3) is 0 Å². The smallest absolute Gasteiger partial charge is 0.229 e. The van der Waals surface area contributed by atoms with Gasteiger partial charge in [0.1, 0.15) is 30.2 Å². The molecule has 5 N–H and O–H groups in total. The number of Topliss-reactive ketones (excluding diaryl/α,β-unsaturated/α-hetero) is 3. The number of methoxy groups -OCH3 is 1. The quantitative estimate of drug-likeness (QED) is 0.351. The highest BCUT2D eigenvalue weighted by Crippen LogP contribution is 2.44. The first-order chi connectivity index (χ1) is 14.5. The fourth-order valence-corrected chi connectivity index (χ4v) is 3.63. The molecule has 1 heterocycles. The minimum absolute atomic E-state index is 0.160. The minimum atomic E-state index is -1.80.